The van der Waals surface area contributed by atoms with Gasteiger partial charge in [-0.3, -0.25) is 4.79 Å². The van der Waals surface area contributed by atoms with Crippen LogP contribution in [0.15, 0.2) is 30.6 Å². The lowest BCUT2D eigenvalue weighted by atomic mass is 9.97. The first-order valence-corrected chi connectivity index (χ1v) is 10.6. The van der Waals surface area contributed by atoms with Crippen LogP contribution in [0.1, 0.15) is 24.5 Å². The summed E-state index contributed by atoms with van der Waals surface area (Å²) in [6.45, 7) is 4.65. The second-order valence-corrected chi connectivity index (χ2v) is 8.11. The van der Waals surface area contributed by atoms with E-state index in [9.17, 15) is 4.79 Å². The van der Waals surface area contributed by atoms with Crippen molar-refractivity contribution >= 4 is 39.9 Å². The van der Waals surface area contributed by atoms with Crippen LogP contribution in [0.25, 0.3) is 10.9 Å². The van der Waals surface area contributed by atoms with Crippen LogP contribution in [-0.2, 0) is 11.2 Å². The molecule has 2 heterocycles. The van der Waals surface area contributed by atoms with Gasteiger partial charge in [0.1, 0.15) is 18.8 Å². The molecule has 1 aliphatic rings. The standard InChI is InChI=1S/C23H25ClN4O3/c1-13-4-5-15-8-14(2)17(24)10-18(15)28-22-16-9-21(31-7-6-25-23(13)29)20(30-3)11-19(16)26-12-27-22/h8-13H,4-7H2,1-3H3,(H,25,29)(H,26,27,28). The molecule has 1 atom stereocenters. The highest BCUT2D eigenvalue weighted by molar-refractivity contribution is 6.31. The lowest BCUT2D eigenvalue weighted by Gasteiger charge is -2.17. The Bertz CT molecular complexity index is 1140. The highest BCUT2D eigenvalue weighted by Gasteiger charge is 2.17. The normalized spacial score (nSPS) is 17.0. The molecule has 0 aliphatic carbocycles. The molecule has 0 fully saturated rings. The largest absolute Gasteiger partial charge is 0.493 e. The predicted molar refractivity (Wildman–Crippen MR) is 122 cm³/mol. The summed E-state index contributed by atoms with van der Waals surface area (Å²) in [5, 5.41) is 7.84. The van der Waals surface area contributed by atoms with Crippen LogP contribution in [0.5, 0.6) is 11.5 Å². The molecular weight excluding hydrogens is 416 g/mol. The highest BCUT2D eigenvalue weighted by Crippen LogP contribution is 2.36. The zero-order chi connectivity index (χ0) is 22.0. The Kier molecular flexibility index (Phi) is 6.13. The van der Waals surface area contributed by atoms with E-state index in [0.717, 1.165) is 34.1 Å². The summed E-state index contributed by atoms with van der Waals surface area (Å²) in [6, 6.07) is 7.65. The summed E-state index contributed by atoms with van der Waals surface area (Å²) >= 11 is 6.43. The number of halogens is 1. The summed E-state index contributed by atoms with van der Waals surface area (Å²) in [5.41, 5.74) is 3.66. The molecule has 162 valence electrons. The third-order valence-corrected chi connectivity index (χ3v) is 5.92. The van der Waals surface area contributed by atoms with Gasteiger partial charge in [-0.15, -0.1) is 0 Å². The lowest BCUT2D eigenvalue weighted by molar-refractivity contribution is -0.124. The summed E-state index contributed by atoms with van der Waals surface area (Å²) in [6.07, 6.45) is 2.95. The number of anilines is 2. The van der Waals surface area contributed by atoms with Crippen molar-refractivity contribution in [3.8, 4) is 11.5 Å². The van der Waals surface area contributed by atoms with Crippen molar-refractivity contribution in [1.29, 1.82) is 0 Å². The van der Waals surface area contributed by atoms with E-state index in [4.69, 9.17) is 21.1 Å². The van der Waals surface area contributed by atoms with E-state index in [2.05, 4.69) is 26.7 Å². The van der Waals surface area contributed by atoms with Crippen molar-refractivity contribution in [3.05, 3.63) is 46.7 Å². The average molecular weight is 441 g/mol. The van der Waals surface area contributed by atoms with Crippen molar-refractivity contribution < 1.29 is 14.3 Å². The minimum atomic E-state index is -0.129. The number of methoxy groups -OCH3 is 1. The molecule has 0 radical (unpaired) electrons. The monoisotopic (exact) mass is 440 g/mol. The SMILES string of the molecule is COc1cc2ncnc3c2cc1OCCNC(=O)C(C)CCc1cc(C)c(Cl)cc1N3. The molecule has 7 nitrogen and oxygen atoms in total. The summed E-state index contributed by atoms with van der Waals surface area (Å²) in [4.78, 5) is 21.3. The average Bonchev–Trinajstić information content (AvgIpc) is 2.77. The number of rotatable bonds is 1. The molecule has 1 aliphatic heterocycles. The molecule has 1 unspecified atom stereocenters. The number of amides is 1. The lowest BCUT2D eigenvalue weighted by Crippen LogP contribution is -2.32. The maximum Gasteiger partial charge on any atom is 0.222 e. The van der Waals surface area contributed by atoms with E-state index in [1.807, 2.05) is 32.0 Å². The number of fused-ring (bicyclic) bond motifs is 2. The molecule has 4 rings (SSSR count). The zero-order valence-corrected chi connectivity index (χ0v) is 18.5. The Morgan fingerprint density at radius 3 is 2.87 bits per heavy atom. The van der Waals surface area contributed by atoms with Crippen LogP contribution < -0.4 is 20.1 Å². The Hall–Kier alpha value is -3.06. The molecule has 3 aromatic rings. The smallest absolute Gasteiger partial charge is 0.222 e. The van der Waals surface area contributed by atoms with Crippen LogP contribution in [0.3, 0.4) is 0 Å². The molecule has 1 aromatic heterocycles. The molecular formula is C23H25ClN4O3. The van der Waals surface area contributed by atoms with Gasteiger partial charge >= 0.3 is 0 Å². The molecule has 2 N–H and O–H groups in total. The fraction of sp³-hybridized carbons (Fsp3) is 0.348. The molecule has 0 saturated carbocycles. The first kappa shape index (κ1) is 21.2. The topological polar surface area (TPSA) is 85.4 Å². The number of ether oxygens (including phenoxy) is 2. The number of benzene rings is 2. The van der Waals surface area contributed by atoms with Gasteiger partial charge in [0.2, 0.25) is 5.91 Å². The molecule has 2 bridgehead atoms. The predicted octanol–water partition coefficient (Wildman–Crippen LogP) is 4.42. The number of hydrogen-bond acceptors (Lipinski definition) is 6. The van der Waals surface area contributed by atoms with E-state index < -0.39 is 0 Å². The Balaban J connectivity index is 1.84. The molecule has 1 amide bonds. The molecule has 0 saturated heterocycles. The highest BCUT2D eigenvalue weighted by atomic mass is 35.5. The van der Waals surface area contributed by atoms with Crippen LogP contribution in [-0.4, -0.2) is 36.1 Å². The van der Waals surface area contributed by atoms with Gasteiger partial charge in [0.25, 0.3) is 0 Å². The third-order valence-electron chi connectivity index (χ3n) is 5.51. The van der Waals surface area contributed by atoms with Gasteiger partial charge < -0.3 is 20.1 Å². The number of hydrogen-bond donors (Lipinski definition) is 2. The van der Waals surface area contributed by atoms with Gasteiger partial charge in [-0.25, -0.2) is 9.97 Å². The van der Waals surface area contributed by atoms with Gasteiger partial charge in [0, 0.05) is 28.1 Å². The van der Waals surface area contributed by atoms with Gasteiger partial charge in [-0.1, -0.05) is 24.6 Å². The van der Waals surface area contributed by atoms with E-state index in [1.54, 1.807) is 7.11 Å². The van der Waals surface area contributed by atoms with E-state index >= 15 is 0 Å². The van der Waals surface area contributed by atoms with E-state index in [0.29, 0.717) is 41.9 Å². The van der Waals surface area contributed by atoms with Crippen molar-refractivity contribution in [2.24, 2.45) is 5.92 Å². The summed E-state index contributed by atoms with van der Waals surface area (Å²) in [7, 11) is 1.58. The molecule has 31 heavy (non-hydrogen) atoms. The van der Waals surface area contributed by atoms with Crippen LogP contribution in [0.2, 0.25) is 5.02 Å². The number of nitrogens with one attached hydrogen (secondary N) is 2. The molecule has 0 spiro atoms. The minimum Gasteiger partial charge on any atom is -0.493 e. The third kappa shape index (κ3) is 4.51. The Morgan fingerprint density at radius 2 is 2.06 bits per heavy atom. The maximum atomic E-state index is 12.5. The fourth-order valence-corrected chi connectivity index (χ4v) is 3.80. The van der Waals surface area contributed by atoms with Crippen LogP contribution >= 0.6 is 11.6 Å². The van der Waals surface area contributed by atoms with Crippen LogP contribution in [0.4, 0.5) is 11.5 Å². The van der Waals surface area contributed by atoms with E-state index in [1.165, 1.54) is 6.33 Å². The van der Waals surface area contributed by atoms with Crippen LogP contribution in [0, 0.1) is 12.8 Å². The van der Waals surface area contributed by atoms with Crippen molar-refractivity contribution in [2.75, 3.05) is 25.6 Å². The van der Waals surface area contributed by atoms with Crippen molar-refractivity contribution in [2.45, 2.75) is 26.7 Å². The van der Waals surface area contributed by atoms with Crippen molar-refractivity contribution in [3.63, 3.8) is 0 Å². The summed E-state index contributed by atoms with van der Waals surface area (Å²) in [5.74, 6) is 1.66. The fourth-order valence-electron chi connectivity index (χ4n) is 3.64. The molecule has 2 aromatic carbocycles. The minimum absolute atomic E-state index is 0.00948. The second kappa shape index (κ2) is 8.98. The maximum absolute atomic E-state index is 12.5. The number of carbonyl (C=O) groups is 1. The Labute approximate surface area is 186 Å². The number of aryl methyl sites for hydroxylation is 2. The van der Waals surface area contributed by atoms with Crippen molar-refractivity contribution in [1.82, 2.24) is 15.3 Å². The number of carbonyl (C=O) groups excluding carboxylic acids is 1. The van der Waals surface area contributed by atoms with Gasteiger partial charge in [0.05, 0.1) is 19.2 Å². The van der Waals surface area contributed by atoms with Gasteiger partial charge in [0.15, 0.2) is 11.5 Å². The number of nitrogens with zero attached hydrogens (tertiary/aromatic N) is 2. The Morgan fingerprint density at radius 1 is 1.23 bits per heavy atom. The number of aromatic nitrogens is 2. The zero-order valence-electron chi connectivity index (χ0n) is 17.8. The quantitative estimate of drug-likeness (QED) is 0.582. The van der Waals surface area contributed by atoms with E-state index in [-0.39, 0.29) is 11.8 Å². The van der Waals surface area contributed by atoms with Gasteiger partial charge in [-0.2, -0.15) is 0 Å². The summed E-state index contributed by atoms with van der Waals surface area (Å²) < 4.78 is 11.4. The first-order valence-electron chi connectivity index (χ1n) is 10.3. The van der Waals surface area contributed by atoms with Gasteiger partial charge in [-0.05, 0) is 43.0 Å². The second-order valence-electron chi connectivity index (χ2n) is 7.71. The first-order chi connectivity index (χ1) is 15.0. The molecule has 8 heteroatoms.